The van der Waals surface area contributed by atoms with Gasteiger partial charge >= 0.3 is 0 Å². The van der Waals surface area contributed by atoms with Gasteiger partial charge in [-0.05, 0) is 48.6 Å². The van der Waals surface area contributed by atoms with Gasteiger partial charge in [-0.3, -0.25) is 19.9 Å². The summed E-state index contributed by atoms with van der Waals surface area (Å²) in [6, 6.07) is 14.5. The van der Waals surface area contributed by atoms with Crippen LogP contribution in [0.5, 0.6) is 0 Å². The van der Waals surface area contributed by atoms with Gasteiger partial charge in [-0.1, -0.05) is 24.3 Å². The average molecular weight is 432 g/mol. The molecule has 0 atom stereocenters. The molecule has 31 heavy (non-hydrogen) atoms. The van der Waals surface area contributed by atoms with E-state index in [1.54, 1.807) is 12.3 Å². The van der Waals surface area contributed by atoms with Crippen molar-refractivity contribution < 1.29 is 9.59 Å². The van der Waals surface area contributed by atoms with Crippen molar-refractivity contribution >= 4 is 45.7 Å². The first-order valence-corrected chi connectivity index (χ1v) is 10.9. The lowest BCUT2D eigenvalue weighted by Gasteiger charge is -2.34. The summed E-state index contributed by atoms with van der Waals surface area (Å²) in [4.78, 5) is 37.6. The van der Waals surface area contributed by atoms with Gasteiger partial charge in [0, 0.05) is 37.4 Å². The van der Waals surface area contributed by atoms with Crippen LogP contribution in [-0.4, -0.2) is 59.2 Å². The molecule has 156 valence electrons. The Morgan fingerprint density at radius 2 is 1.81 bits per heavy atom. The van der Waals surface area contributed by atoms with Crippen LogP contribution >= 0.6 is 11.8 Å². The highest BCUT2D eigenvalue weighted by Gasteiger charge is 2.25. The third kappa shape index (κ3) is 4.04. The Hall–Kier alpha value is -3.23. The minimum absolute atomic E-state index is 0.327. The normalized spacial score (nSPS) is 18.7. The highest BCUT2D eigenvalue weighted by atomic mass is 32.2. The standard InChI is InChI=1S/C23H21N5O2S/c1-27-9-11-28(12-10-27)17-7-5-15(6-8-17)18-3-2-4-19-21(18)25-16(14-24-19)13-20-22(29)26-23(30)31-20/h2-8,13-14H,9-12H2,1H3,(H,26,29,30). The van der Waals surface area contributed by atoms with Crippen molar-refractivity contribution in [1.29, 1.82) is 0 Å². The molecule has 0 aliphatic carbocycles. The van der Waals surface area contributed by atoms with Gasteiger partial charge in [0.15, 0.2) is 0 Å². The number of carbonyl (C=O) groups excluding carboxylic acids is 2. The van der Waals surface area contributed by atoms with E-state index < -0.39 is 5.91 Å². The predicted molar refractivity (Wildman–Crippen MR) is 124 cm³/mol. The average Bonchev–Trinajstić information content (AvgIpc) is 3.10. The molecule has 2 aromatic carbocycles. The van der Waals surface area contributed by atoms with Crippen LogP contribution in [0.2, 0.25) is 0 Å². The summed E-state index contributed by atoms with van der Waals surface area (Å²) >= 11 is 0.876. The summed E-state index contributed by atoms with van der Waals surface area (Å²) in [5.41, 5.74) is 5.35. The molecule has 3 heterocycles. The highest BCUT2D eigenvalue weighted by Crippen LogP contribution is 2.30. The number of hydrogen-bond donors (Lipinski definition) is 1. The van der Waals surface area contributed by atoms with Crippen molar-refractivity contribution in [3.63, 3.8) is 0 Å². The molecule has 0 spiro atoms. The smallest absolute Gasteiger partial charge is 0.290 e. The van der Waals surface area contributed by atoms with E-state index in [0.717, 1.165) is 60.1 Å². The Labute approximate surface area is 184 Å². The lowest BCUT2D eigenvalue weighted by atomic mass is 10.0. The summed E-state index contributed by atoms with van der Waals surface area (Å²) in [6.07, 6.45) is 3.22. The number of fused-ring (bicyclic) bond motifs is 1. The van der Waals surface area contributed by atoms with Crippen LogP contribution in [0, 0.1) is 0 Å². The van der Waals surface area contributed by atoms with Gasteiger partial charge in [-0.25, -0.2) is 4.98 Å². The van der Waals surface area contributed by atoms with Crippen LogP contribution in [0.1, 0.15) is 5.69 Å². The molecule has 8 heteroatoms. The molecule has 2 fully saturated rings. The number of piperazine rings is 1. The third-order valence-electron chi connectivity index (χ3n) is 5.56. The number of amides is 2. The zero-order chi connectivity index (χ0) is 21.4. The number of hydrogen-bond acceptors (Lipinski definition) is 7. The molecular formula is C23H21N5O2S. The summed E-state index contributed by atoms with van der Waals surface area (Å²) in [6.45, 7) is 4.20. The molecular weight excluding hydrogens is 410 g/mol. The van der Waals surface area contributed by atoms with Gasteiger partial charge in [-0.15, -0.1) is 0 Å². The van der Waals surface area contributed by atoms with Gasteiger partial charge in [0.2, 0.25) is 0 Å². The van der Waals surface area contributed by atoms with Crippen LogP contribution in [0.4, 0.5) is 10.5 Å². The van der Waals surface area contributed by atoms with E-state index in [9.17, 15) is 9.59 Å². The number of nitrogens with zero attached hydrogens (tertiary/aromatic N) is 4. The van der Waals surface area contributed by atoms with Crippen LogP contribution in [0.15, 0.2) is 53.6 Å². The topological polar surface area (TPSA) is 78.4 Å². The van der Waals surface area contributed by atoms with Crippen molar-refractivity contribution in [1.82, 2.24) is 20.2 Å². The Morgan fingerprint density at radius 3 is 2.52 bits per heavy atom. The maximum atomic E-state index is 11.8. The van der Waals surface area contributed by atoms with Gasteiger partial charge in [0.05, 0.1) is 27.8 Å². The maximum absolute atomic E-state index is 11.8. The molecule has 7 nitrogen and oxygen atoms in total. The minimum Gasteiger partial charge on any atom is -0.369 e. The zero-order valence-electron chi connectivity index (χ0n) is 17.0. The van der Waals surface area contributed by atoms with E-state index in [1.807, 2.05) is 18.2 Å². The molecule has 1 aromatic heterocycles. The number of likely N-dealkylation sites (N-methyl/N-ethyl adjacent to an activating group) is 1. The number of anilines is 1. The first kappa shape index (κ1) is 19.7. The molecule has 0 bridgehead atoms. The number of benzene rings is 2. The molecule has 2 aliphatic heterocycles. The predicted octanol–water partition coefficient (Wildman–Crippen LogP) is 3.37. The lowest BCUT2D eigenvalue weighted by molar-refractivity contribution is -0.115. The molecule has 0 radical (unpaired) electrons. The molecule has 0 saturated carbocycles. The number of imide groups is 1. The van der Waals surface area contributed by atoms with Crippen LogP contribution in [-0.2, 0) is 4.79 Å². The number of aromatic nitrogens is 2. The van der Waals surface area contributed by atoms with E-state index >= 15 is 0 Å². The summed E-state index contributed by atoms with van der Waals surface area (Å²) in [7, 11) is 2.15. The second-order valence-electron chi connectivity index (χ2n) is 7.66. The van der Waals surface area contributed by atoms with Crippen molar-refractivity contribution in [3.8, 4) is 11.1 Å². The first-order chi connectivity index (χ1) is 15.1. The van der Waals surface area contributed by atoms with Crippen molar-refractivity contribution in [2.45, 2.75) is 0 Å². The third-order valence-corrected chi connectivity index (χ3v) is 6.37. The van der Waals surface area contributed by atoms with Crippen LogP contribution in [0.25, 0.3) is 28.2 Å². The number of carbonyl (C=O) groups is 2. The fourth-order valence-corrected chi connectivity index (χ4v) is 4.49. The van der Waals surface area contributed by atoms with E-state index in [1.165, 1.54) is 5.69 Å². The summed E-state index contributed by atoms with van der Waals surface area (Å²) in [5.74, 6) is -0.398. The minimum atomic E-state index is -0.398. The molecule has 2 saturated heterocycles. The number of nitrogens with one attached hydrogen (secondary N) is 1. The monoisotopic (exact) mass is 431 g/mol. The van der Waals surface area contributed by atoms with Gasteiger partial charge in [-0.2, -0.15) is 0 Å². The second kappa shape index (κ2) is 8.13. The first-order valence-electron chi connectivity index (χ1n) is 10.1. The quantitative estimate of drug-likeness (QED) is 0.637. The Morgan fingerprint density at radius 1 is 1.03 bits per heavy atom. The molecule has 2 amide bonds. The number of thioether (sulfide) groups is 1. The van der Waals surface area contributed by atoms with Crippen LogP contribution < -0.4 is 10.2 Å². The Balaban J connectivity index is 1.47. The van der Waals surface area contributed by atoms with Gasteiger partial charge in [0.25, 0.3) is 11.1 Å². The summed E-state index contributed by atoms with van der Waals surface area (Å²) < 4.78 is 0. The molecule has 1 N–H and O–H groups in total. The van der Waals surface area contributed by atoms with Gasteiger partial charge in [0.1, 0.15) is 0 Å². The lowest BCUT2D eigenvalue weighted by Crippen LogP contribution is -2.44. The number of para-hydroxylation sites is 1. The van der Waals surface area contributed by atoms with E-state index in [4.69, 9.17) is 4.98 Å². The largest absolute Gasteiger partial charge is 0.369 e. The SMILES string of the molecule is CN1CCN(c2ccc(-c3cccc4ncc(C=C5SC(=O)NC5=O)nc34)cc2)CC1. The fourth-order valence-electron chi connectivity index (χ4n) is 3.82. The molecule has 0 unspecified atom stereocenters. The summed E-state index contributed by atoms with van der Waals surface area (Å²) in [5, 5.41) is 1.89. The molecule has 3 aromatic rings. The molecule has 5 rings (SSSR count). The molecule has 2 aliphatic rings. The highest BCUT2D eigenvalue weighted by molar-refractivity contribution is 8.18. The van der Waals surface area contributed by atoms with Crippen molar-refractivity contribution in [2.24, 2.45) is 0 Å². The van der Waals surface area contributed by atoms with E-state index in [2.05, 4.69) is 51.4 Å². The van der Waals surface area contributed by atoms with Crippen molar-refractivity contribution in [2.75, 3.05) is 38.1 Å². The van der Waals surface area contributed by atoms with Gasteiger partial charge < -0.3 is 9.80 Å². The van der Waals surface area contributed by atoms with E-state index in [0.29, 0.717) is 10.6 Å². The van der Waals surface area contributed by atoms with E-state index in [-0.39, 0.29) is 5.24 Å². The Kier molecular flexibility index (Phi) is 5.17. The maximum Gasteiger partial charge on any atom is 0.290 e. The Bertz CT molecular complexity index is 1200. The van der Waals surface area contributed by atoms with Crippen LogP contribution in [0.3, 0.4) is 0 Å². The van der Waals surface area contributed by atoms with Crippen molar-refractivity contribution in [3.05, 3.63) is 59.3 Å². The fraction of sp³-hybridized carbons (Fsp3) is 0.217. The zero-order valence-corrected chi connectivity index (χ0v) is 17.9. The number of rotatable bonds is 3. The second-order valence-corrected chi connectivity index (χ2v) is 8.67.